The van der Waals surface area contributed by atoms with Crippen molar-refractivity contribution < 1.29 is 5.11 Å². The van der Waals surface area contributed by atoms with E-state index >= 15 is 0 Å². The standard InChI is InChI=1S/C17H26N2O/c1-19-10-8-17(20,9-11-19)16(13-18)7-6-14-4-2-3-5-15(14)12-16/h2-5,20H,6-13,18H2,1H3. The maximum absolute atomic E-state index is 11.3. The number of aryl methyl sites for hydroxylation is 1. The number of nitrogens with two attached hydrogens (primary N) is 1. The lowest BCUT2D eigenvalue weighted by Gasteiger charge is -2.52. The fraction of sp³-hybridized carbons (Fsp3) is 0.647. The van der Waals surface area contributed by atoms with E-state index in [0.29, 0.717) is 6.54 Å². The smallest absolute Gasteiger partial charge is 0.0743 e. The van der Waals surface area contributed by atoms with Crippen LogP contribution in [0.4, 0.5) is 0 Å². The van der Waals surface area contributed by atoms with Gasteiger partial charge in [-0.1, -0.05) is 24.3 Å². The van der Waals surface area contributed by atoms with Crippen molar-refractivity contribution in [2.75, 3.05) is 26.7 Å². The number of aliphatic hydroxyl groups is 1. The van der Waals surface area contributed by atoms with Crippen molar-refractivity contribution in [3.05, 3.63) is 35.4 Å². The van der Waals surface area contributed by atoms with Gasteiger partial charge in [0.15, 0.2) is 0 Å². The summed E-state index contributed by atoms with van der Waals surface area (Å²) in [6.07, 6.45) is 4.69. The molecular formula is C17H26N2O. The van der Waals surface area contributed by atoms with Crippen LogP contribution in [-0.2, 0) is 12.8 Å². The molecule has 3 heteroatoms. The molecule has 1 aromatic carbocycles. The predicted octanol–water partition coefficient (Wildman–Crippen LogP) is 1.58. The Labute approximate surface area is 121 Å². The van der Waals surface area contributed by atoms with Gasteiger partial charge in [0.1, 0.15) is 0 Å². The van der Waals surface area contributed by atoms with Gasteiger partial charge < -0.3 is 15.7 Å². The lowest BCUT2D eigenvalue weighted by molar-refractivity contribution is -0.121. The number of rotatable bonds is 2. The number of nitrogens with zero attached hydrogens (tertiary/aromatic N) is 1. The molecule has 1 aromatic rings. The van der Waals surface area contributed by atoms with E-state index in [1.165, 1.54) is 11.1 Å². The third-order valence-corrected chi connectivity index (χ3v) is 5.71. The molecule has 3 rings (SSSR count). The highest BCUT2D eigenvalue weighted by molar-refractivity contribution is 5.32. The van der Waals surface area contributed by atoms with Crippen LogP contribution in [0.3, 0.4) is 0 Å². The molecule has 0 saturated carbocycles. The largest absolute Gasteiger partial charge is 0.389 e. The van der Waals surface area contributed by atoms with Crippen LogP contribution in [0.2, 0.25) is 0 Å². The number of likely N-dealkylation sites (tertiary alicyclic amines) is 1. The Balaban J connectivity index is 1.90. The molecule has 3 nitrogen and oxygen atoms in total. The molecule has 110 valence electrons. The average Bonchev–Trinajstić information content (AvgIpc) is 2.49. The van der Waals surface area contributed by atoms with E-state index in [2.05, 4.69) is 36.2 Å². The van der Waals surface area contributed by atoms with Crippen LogP contribution in [0.1, 0.15) is 30.4 Å². The van der Waals surface area contributed by atoms with Gasteiger partial charge in [-0.3, -0.25) is 0 Å². The van der Waals surface area contributed by atoms with E-state index in [0.717, 1.165) is 45.2 Å². The molecule has 0 spiro atoms. The molecule has 1 aliphatic heterocycles. The minimum absolute atomic E-state index is 0.136. The Kier molecular flexibility index (Phi) is 3.61. The lowest BCUT2D eigenvalue weighted by atomic mass is 9.59. The quantitative estimate of drug-likeness (QED) is 0.861. The van der Waals surface area contributed by atoms with Gasteiger partial charge in [0, 0.05) is 25.0 Å². The Morgan fingerprint density at radius 2 is 1.80 bits per heavy atom. The number of piperidine rings is 1. The van der Waals surface area contributed by atoms with Crippen molar-refractivity contribution in [1.29, 1.82) is 0 Å². The van der Waals surface area contributed by atoms with Gasteiger partial charge in [0.2, 0.25) is 0 Å². The molecule has 1 atom stereocenters. The van der Waals surface area contributed by atoms with Crippen molar-refractivity contribution in [1.82, 2.24) is 4.90 Å². The Morgan fingerprint density at radius 1 is 1.15 bits per heavy atom. The van der Waals surface area contributed by atoms with E-state index in [1.807, 2.05) is 0 Å². The molecule has 0 bridgehead atoms. The zero-order chi connectivity index (χ0) is 14.2. The van der Waals surface area contributed by atoms with Gasteiger partial charge in [-0.05, 0) is 50.3 Å². The number of benzene rings is 1. The predicted molar refractivity (Wildman–Crippen MR) is 81.6 cm³/mol. The summed E-state index contributed by atoms with van der Waals surface area (Å²) in [5, 5.41) is 11.3. The summed E-state index contributed by atoms with van der Waals surface area (Å²) >= 11 is 0. The molecule has 1 fully saturated rings. The van der Waals surface area contributed by atoms with Gasteiger partial charge in [-0.25, -0.2) is 0 Å². The summed E-state index contributed by atoms with van der Waals surface area (Å²) in [5.74, 6) is 0. The first-order valence-corrected chi connectivity index (χ1v) is 7.76. The normalized spacial score (nSPS) is 29.9. The van der Waals surface area contributed by atoms with Crippen molar-refractivity contribution in [3.63, 3.8) is 0 Å². The van der Waals surface area contributed by atoms with Crippen LogP contribution in [0.5, 0.6) is 0 Å². The maximum atomic E-state index is 11.3. The molecule has 1 saturated heterocycles. The summed E-state index contributed by atoms with van der Waals surface area (Å²) in [6, 6.07) is 8.63. The highest BCUT2D eigenvalue weighted by atomic mass is 16.3. The molecule has 0 aromatic heterocycles. The topological polar surface area (TPSA) is 49.5 Å². The van der Waals surface area contributed by atoms with Gasteiger partial charge in [-0.15, -0.1) is 0 Å². The van der Waals surface area contributed by atoms with Crippen LogP contribution in [0.15, 0.2) is 24.3 Å². The van der Waals surface area contributed by atoms with E-state index in [1.54, 1.807) is 0 Å². The zero-order valence-corrected chi connectivity index (χ0v) is 12.4. The van der Waals surface area contributed by atoms with Crippen LogP contribution < -0.4 is 5.73 Å². The van der Waals surface area contributed by atoms with Crippen LogP contribution >= 0.6 is 0 Å². The van der Waals surface area contributed by atoms with Crippen LogP contribution in [0, 0.1) is 5.41 Å². The second kappa shape index (κ2) is 5.14. The molecular weight excluding hydrogens is 248 g/mol. The Bertz CT molecular complexity index is 480. The third kappa shape index (κ3) is 2.18. The van der Waals surface area contributed by atoms with Gasteiger partial charge in [0.05, 0.1) is 5.60 Å². The highest BCUT2D eigenvalue weighted by Crippen LogP contribution is 2.47. The molecule has 1 unspecified atom stereocenters. The van der Waals surface area contributed by atoms with Crippen molar-refractivity contribution in [2.24, 2.45) is 11.1 Å². The molecule has 2 aliphatic rings. The maximum Gasteiger partial charge on any atom is 0.0743 e. The molecule has 20 heavy (non-hydrogen) atoms. The second-order valence-electron chi connectivity index (χ2n) is 6.76. The van der Waals surface area contributed by atoms with Crippen molar-refractivity contribution in [2.45, 2.75) is 37.7 Å². The minimum Gasteiger partial charge on any atom is -0.389 e. The lowest BCUT2D eigenvalue weighted by Crippen LogP contribution is -2.59. The zero-order valence-electron chi connectivity index (χ0n) is 12.4. The summed E-state index contributed by atoms with van der Waals surface area (Å²) in [7, 11) is 2.13. The second-order valence-corrected chi connectivity index (χ2v) is 6.76. The van der Waals surface area contributed by atoms with E-state index in [-0.39, 0.29) is 5.41 Å². The summed E-state index contributed by atoms with van der Waals surface area (Å²) in [4.78, 5) is 2.30. The summed E-state index contributed by atoms with van der Waals surface area (Å²) < 4.78 is 0. The van der Waals surface area contributed by atoms with Gasteiger partial charge >= 0.3 is 0 Å². The molecule has 3 N–H and O–H groups in total. The number of fused-ring (bicyclic) bond motifs is 1. The first-order valence-electron chi connectivity index (χ1n) is 7.76. The Morgan fingerprint density at radius 3 is 2.45 bits per heavy atom. The molecule has 1 aliphatic carbocycles. The van der Waals surface area contributed by atoms with Gasteiger partial charge in [-0.2, -0.15) is 0 Å². The molecule has 1 heterocycles. The first-order chi connectivity index (χ1) is 9.59. The first kappa shape index (κ1) is 14.1. The Hall–Kier alpha value is -0.900. The fourth-order valence-corrected chi connectivity index (χ4v) is 4.08. The number of hydrogen-bond donors (Lipinski definition) is 2. The summed E-state index contributed by atoms with van der Waals surface area (Å²) in [5.41, 5.74) is 8.26. The summed E-state index contributed by atoms with van der Waals surface area (Å²) in [6.45, 7) is 2.53. The third-order valence-electron chi connectivity index (χ3n) is 5.71. The van der Waals surface area contributed by atoms with Crippen molar-refractivity contribution in [3.8, 4) is 0 Å². The molecule has 0 amide bonds. The van der Waals surface area contributed by atoms with Crippen LogP contribution in [-0.4, -0.2) is 42.3 Å². The van der Waals surface area contributed by atoms with Gasteiger partial charge in [0.25, 0.3) is 0 Å². The minimum atomic E-state index is -0.595. The van der Waals surface area contributed by atoms with E-state index in [9.17, 15) is 5.11 Å². The van der Waals surface area contributed by atoms with E-state index in [4.69, 9.17) is 5.73 Å². The highest BCUT2D eigenvalue weighted by Gasteiger charge is 2.51. The molecule has 0 radical (unpaired) electrons. The van der Waals surface area contributed by atoms with Crippen molar-refractivity contribution >= 4 is 0 Å². The monoisotopic (exact) mass is 274 g/mol. The van der Waals surface area contributed by atoms with Crippen LogP contribution in [0.25, 0.3) is 0 Å². The average molecular weight is 274 g/mol. The SMILES string of the molecule is CN1CCC(O)(C2(CN)CCc3ccccc3C2)CC1. The number of hydrogen-bond acceptors (Lipinski definition) is 3. The fourth-order valence-electron chi connectivity index (χ4n) is 4.08. The van der Waals surface area contributed by atoms with E-state index < -0.39 is 5.60 Å².